The lowest BCUT2D eigenvalue weighted by Gasteiger charge is -2.26. The minimum atomic E-state index is -3.07. The molecule has 0 radical (unpaired) electrons. The smallest absolute Gasteiger partial charge is 0.327 e. The highest BCUT2D eigenvalue weighted by Gasteiger charge is 2.31. The average Bonchev–Trinajstić information content (AvgIpc) is 1.98. The molecule has 0 bridgehead atoms. The third kappa shape index (κ3) is 6.64. The largest absolute Gasteiger partial charge is 0.332 e. The van der Waals surface area contributed by atoms with Crippen LogP contribution in [0.25, 0.3) is 0 Å². The van der Waals surface area contributed by atoms with E-state index in [1.54, 1.807) is 0 Å². The van der Waals surface area contributed by atoms with Gasteiger partial charge in [0.1, 0.15) is 0 Å². The minimum absolute atomic E-state index is 0.121. The van der Waals surface area contributed by atoms with Gasteiger partial charge in [0, 0.05) is 6.04 Å². The van der Waals surface area contributed by atoms with Crippen LogP contribution in [0.15, 0.2) is 0 Å². The van der Waals surface area contributed by atoms with Gasteiger partial charge < -0.3 is 14.8 Å². The summed E-state index contributed by atoms with van der Waals surface area (Å²) in [4.78, 5) is 0. The van der Waals surface area contributed by atoms with E-state index in [4.69, 9.17) is 14.8 Å². The van der Waals surface area contributed by atoms with E-state index in [0.29, 0.717) is 0 Å². The van der Waals surface area contributed by atoms with Crippen molar-refractivity contribution in [3.8, 4) is 0 Å². The molecular formula is C11H26NO3P. The molecule has 4 nitrogen and oxygen atoms in total. The Hall–Kier alpha value is 0.110. The highest BCUT2D eigenvalue weighted by Crippen LogP contribution is 2.51. The molecule has 0 heterocycles. The molecule has 0 aromatic heterocycles. The molecule has 0 aliphatic heterocycles. The van der Waals surface area contributed by atoms with Crippen molar-refractivity contribution in [3.63, 3.8) is 0 Å². The number of rotatable bonds is 7. The van der Waals surface area contributed by atoms with Crippen LogP contribution in [0.1, 0.15) is 41.5 Å². The zero-order valence-corrected chi connectivity index (χ0v) is 12.2. The maximum absolute atomic E-state index is 12.4. The zero-order valence-electron chi connectivity index (χ0n) is 11.3. The Morgan fingerprint density at radius 1 is 1.00 bits per heavy atom. The second-order valence-corrected chi connectivity index (χ2v) is 7.02. The van der Waals surface area contributed by atoms with Gasteiger partial charge in [0.15, 0.2) is 0 Å². The van der Waals surface area contributed by atoms with Crippen LogP contribution in [-0.4, -0.2) is 24.4 Å². The van der Waals surface area contributed by atoms with E-state index in [9.17, 15) is 4.57 Å². The molecule has 2 N–H and O–H groups in total. The van der Waals surface area contributed by atoms with Gasteiger partial charge in [-0.2, -0.15) is 0 Å². The van der Waals surface area contributed by atoms with Crippen LogP contribution in [0.2, 0.25) is 0 Å². The van der Waals surface area contributed by atoms with E-state index >= 15 is 0 Å². The second kappa shape index (κ2) is 6.75. The van der Waals surface area contributed by atoms with E-state index < -0.39 is 7.60 Å². The van der Waals surface area contributed by atoms with E-state index in [1.807, 2.05) is 41.5 Å². The maximum Gasteiger partial charge on any atom is 0.332 e. The third-order valence-electron chi connectivity index (χ3n) is 2.03. The molecule has 16 heavy (non-hydrogen) atoms. The molecule has 0 unspecified atom stereocenters. The Balaban J connectivity index is 4.59. The number of nitrogens with two attached hydrogens (primary N) is 1. The Labute approximate surface area is 99.4 Å². The fourth-order valence-electron chi connectivity index (χ4n) is 1.22. The SMILES string of the molecule is CC(C)OP(=O)(C[C@@H](N)C(C)C)OC(C)C. The van der Waals surface area contributed by atoms with Crippen molar-refractivity contribution in [3.05, 3.63) is 0 Å². The first-order chi connectivity index (χ1) is 7.16. The normalized spacial score (nSPS) is 15.1. The van der Waals surface area contributed by atoms with Gasteiger partial charge in [0.05, 0.1) is 18.4 Å². The molecule has 5 heteroatoms. The summed E-state index contributed by atoms with van der Waals surface area (Å²) in [6, 6.07) is -0.164. The maximum atomic E-state index is 12.4. The monoisotopic (exact) mass is 251 g/mol. The molecule has 0 aromatic rings. The lowest BCUT2D eigenvalue weighted by atomic mass is 10.1. The average molecular weight is 251 g/mol. The molecule has 0 saturated carbocycles. The van der Waals surface area contributed by atoms with Crippen LogP contribution in [0, 0.1) is 5.92 Å². The summed E-state index contributed by atoms with van der Waals surface area (Å²) >= 11 is 0. The Morgan fingerprint density at radius 3 is 1.62 bits per heavy atom. The predicted molar refractivity (Wildman–Crippen MR) is 67.7 cm³/mol. The van der Waals surface area contributed by atoms with Crippen LogP contribution in [0.4, 0.5) is 0 Å². The van der Waals surface area contributed by atoms with Crippen LogP contribution in [-0.2, 0) is 13.6 Å². The van der Waals surface area contributed by atoms with E-state index in [0.717, 1.165) is 0 Å². The molecule has 0 fully saturated rings. The summed E-state index contributed by atoms with van der Waals surface area (Å²) in [6.45, 7) is 11.4. The first kappa shape index (κ1) is 16.1. The predicted octanol–water partition coefficient (Wildman–Crippen LogP) is 3.01. The molecule has 98 valence electrons. The van der Waals surface area contributed by atoms with E-state index in [2.05, 4.69) is 0 Å². The molecule has 0 aliphatic rings. The highest BCUT2D eigenvalue weighted by molar-refractivity contribution is 7.53. The number of hydrogen-bond acceptors (Lipinski definition) is 4. The quantitative estimate of drug-likeness (QED) is 0.706. The Bertz CT molecular complexity index is 227. The summed E-state index contributed by atoms with van der Waals surface area (Å²) in [6.07, 6.45) is 0.0361. The van der Waals surface area contributed by atoms with Crippen molar-refractivity contribution in [1.29, 1.82) is 0 Å². The Morgan fingerprint density at radius 2 is 1.38 bits per heavy atom. The number of hydrogen-bond donors (Lipinski definition) is 1. The molecule has 0 aliphatic carbocycles. The van der Waals surface area contributed by atoms with Gasteiger partial charge >= 0.3 is 7.60 Å². The van der Waals surface area contributed by atoms with Crippen molar-refractivity contribution in [2.75, 3.05) is 6.16 Å². The van der Waals surface area contributed by atoms with Gasteiger partial charge in [-0.25, -0.2) is 0 Å². The zero-order chi connectivity index (χ0) is 12.9. The third-order valence-corrected chi connectivity index (χ3v) is 4.39. The van der Waals surface area contributed by atoms with Gasteiger partial charge in [-0.3, -0.25) is 4.57 Å². The fraction of sp³-hybridized carbons (Fsp3) is 1.00. The first-order valence-electron chi connectivity index (χ1n) is 5.87. The lowest BCUT2D eigenvalue weighted by molar-refractivity contribution is 0.140. The summed E-state index contributed by atoms with van der Waals surface area (Å²) in [7, 11) is -3.07. The van der Waals surface area contributed by atoms with E-state index in [-0.39, 0.29) is 30.3 Å². The van der Waals surface area contributed by atoms with Crippen LogP contribution < -0.4 is 5.73 Å². The molecule has 0 spiro atoms. The van der Waals surface area contributed by atoms with E-state index in [1.165, 1.54) is 0 Å². The van der Waals surface area contributed by atoms with Crippen molar-refractivity contribution < 1.29 is 13.6 Å². The summed E-state index contributed by atoms with van der Waals surface area (Å²) in [5.74, 6) is 0.264. The van der Waals surface area contributed by atoms with Crippen LogP contribution >= 0.6 is 7.60 Å². The topological polar surface area (TPSA) is 61.5 Å². The summed E-state index contributed by atoms with van der Waals surface area (Å²) < 4.78 is 23.3. The molecule has 0 saturated heterocycles. The first-order valence-corrected chi connectivity index (χ1v) is 7.60. The van der Waals surface area contributed by atoms with Crippen LogP contribution in [0.3, 0.4) is 0 Å². The fourth-order valence-corrected chi connectivity index (χ4v) is 3.67. The van der Waals surface area contributed by atoms with Crippen molar-refractivity contribution in [1.82, 2.24) is 0 Å². The van der Waals surface area contributed by atoms with Crippen molar-refractivity contribution in [2.45, 2.75) is 59.8 Å². The van der Waals surface area contributed by atoms with Gasteiger partial charge in [-0.05, 0) is 33.6 Å². The van der Waals surface area contributed by atoms with Gasteiger partial charge in [-0.15, -0.1) is 0 Å². The molecule has 0 rings (SSSR count). The molecule has 1 atom stereocenters. The van der Waals surface area contributed by atoms with Crippen LogP contribution in [0.5, 0.6) is 0 Å². The lowest BCUT2D eigenvalue weighted by Crippen LogP contribution is -2.31. The molecule has 0 aromatic carbocycles. The highest BCUT2D eigenvalue weighted by atomic mass is 31.2. The molecular weight excluding hydrogens is 225 g/mol. The van der Waals surface area contributed by atoms with Gasteiger partial charge in [0.2, 0.25) is 0 Å². The molecule has 0 amide bonds. The minimum Gasteiger partial charge on any atom is -0.327 e. The van der Waals surface area contributed by atoms with Gasteiger partial charge in [-0.1, -0.05) is 13.8 Å². The Kier molecular flexibility index (Phi) is 6.80. The standard InChI is InChI=1S/C11H26NO3P/c1-8(2)11(12)7-16(13,14-9(3)4)15-10(5)6/h8-11H,7,12H2,1-6H3/t11-/m1/s1. The van der Waals surface area contributed by atoms with Crippen molar-refractivity contribution >= 4 is 7.60 Å². The summed E-state index contributed by atoms with van der Waals surface area (Å²) in [5, 5.41) is 0. The second-order valence-electron chi connectivity index (χ2n) is 5.01. The summed E-state index contributed by atoms with van der Waals surface area (Å²) in [5.41, 5.74) is 5.92. The van der Waals surface area contributed by atoms with Crippen molar-refractivity contribution in [2.24, 2.45) is 11.7 Å². The van der Waals surface area contributed by atoms with Gasteiger partial charge in [0.25, 0.3) is 0 Å².